The Morgan fingerprint density at radius 1 is 1.26 bits per heavy atom. The Morgan fingerprint density at radius 2 is 2.00 bits per heavy atom. The summed E-state index contributed by atoms with van der Waals surface area (Å²) in [7, 11) is 1.21. The normalized spacial score (nSPS) is 20.5. The third-order valence-corrected chi connectivity index (χ3v) is 5.91. The van der Waals surface area contributed by atoms with Gasteiger partial charge in [0, 0.05) is 18.1 Å². The molecule has 1 aromatic carbocycles. The molecule has 0 radical (unpaired) electrons. The van der Waals surface area contributed by atoms with E-state index in [1.165, 1.54) is 19.2 Å². The molecule has 0 amide bonds. The van der Waals surface area contributed by atoms with Crippen molar-refractivity contribution >= 4 is 0 Å². The first-order valence-electron chi connectivity index (χ1n) is 10.4. The summed E-state index contributed by atoms with van der Waals surface area (Å²) in [6.07, 6.45) is 0.212. The fraction of sp³-hybridized carbons (Fsp3) is 0.522. The molecular weight excluding hydrogens is 409 g/mol. The van der Waals surface area contributed by atoms with Crippen LogP contribution in [-0.2, 0) is 23.9 Å². The van der Waals surface area contributed by atoms with Crippen molar-refractivity contribution in [2.45, 2.75) is 69.9 Å². The molecule has 1 saturated carbocycles. The van der Waals surface area contributed by atoms with E-state index in [-0.39, 0.29) is 11.9 Å². The predicted molar refractivity (Wildman–Crippen MR) is 108 cm³/mol. The minimum atomic E-state index is -4.51. The summed E-state index contributed by atoms with van der Waals surface area (Å²) in [5.41, 5.74) is 0.745. The van der Waals surface area contributed by atoms with Gasteiger partial charge in [-0.05, 0) is 50.7 Å². The van der Waals surface area contributed by atoms with Crippen molar-refractivity contribution in [2.24, 2.45) is 0 Å². The van der Waals surface area contributed by atoms with Gasteiger partial charge < -0.3 is 14.6 Å². The second kappa shape index (κ2) is 8.21. The van der Waals surface area contributed by atoms with Crippen LogP contribution < -0.4 is 4.74 Å². The average molecular weight is 434 g/mol. The van der Waals surface area contributed by atoms with Crippen LogP contribution >= 0.6 is 0 Å². The van der Waals surface area contributed by atoms with E-state index >= 15 is 0 Å². The van der Waals surface area contributed by atoms with E-state index in [4.69, 9.17) is 9.47 Å². The number of halogens is 3. The molecule has 0 bridgehead atoms. The van der Waals surface area contributed by atoms with Gasteiger partial charge in [-0.25, -0.2) is 4.68 Å². The molecular formula is C23H25F3N2O3. The fourth-order valence-corrected chi connectivity index (χ4v) is 4.20. The summed E-state index contributed by atoms with van der Waals surface area (Å²) in [5.74, 6) is 5.76. The number of ether oxygens (including phenoxy) is 2. The van der Waals surface area contributed by atoms with Crippen molar-refractivity contribution in [3.05, 3.63) is 40.7 Å². The van der Waals surface area contributed by atoms with Crippen LogP contribution in [0.25, 0.3) is 5.69 Å². The zero-order chi connectivity index (χ0) is 22.2. The molecule has 1 N–H and O–H groups in total. The van der Waals surface area contributed by atoms with E-state index in [2.05, 4.69) is 16.9 Å². The molecule has 0 spiro atoms. The number of aliphatic hydroxyl groups is 1. The maximum absolute atomic E-state index is 13.3. The second-order valence-electron chi connectivity index (χ2n) is 8.24. The number of methoxy groups -OCH3 is 1. The molecule has 4 rings (SSSR count). The van der Waals surface area contributed by atoms with E-state index in [1.807, 2.05) is 6.92 Å². The lowest BCUT2D eigenvalue weighted by Crippen LogP contribution is -2.29. The molecule has 2 heterocycles. The van der Waals surface area contributed by atoms with Crippen molar-refractivity contribution in [1.82, 2.24) is 9.78 Å². The van der Waals surface area contributed by atoms with Gasteiger partial charge in [0.25, 0.3) is 0 Å². The molecule has 2 aromatic rings. The number of hydrogen-bond acceptors (Lipinski definition) is 4. The molecule has 0 unspecified atom stereocenters. The summed E-state index contributed by atoms with van der Waals surface area (Å²) in [4.78, 5) is 0. The highest BCUT2D eigenvalue weighted by Gasteiger charge is 2.35. The Morgan fingerprint density at radius 3 is 2.68 bits per heavy atom. The number of hydrogen-bond donors (Lipinski definition) is 1. The summed E-state index contributed by atoms with van der Waals surface area (Å²) >= 11 is 0. The Balaban J connectivity index is 1.77. The van der Waals surface area contributed by atoms with Crippen molar-refractivity contribution in [3.8, 4) is 23.3 Å². The Hall–Kier alpha value is -2.50. The van der Waals surface area contributed by atoms with Crippen LogP contribution in [0.15, 0.2) is 18.2 Å². The SMILES string of the molecule is COc1cc(-n2nc(C#CC3(O)CCCCC3)c3c2C[C@H](C)OC3)ccc1C(F)(F)F. The molecule has 166 valence electrons. The lowest BCUT2D eigenvalue weighted by Gasteiger charge is -2.26. The standard InChI is InChI=1S/C23H25F3N2O3/c1-15-12-20-17(14-31-15)19(8-11-22(29)9-4-3-5-10-22)27-28(20)16-6-7-18(23(24,25)26)21(13-16)30-2/h6-7,13,15,29H,3-5,9-10,12,14H2,1-2H3/t15-/m0/s1. The van der Waals surface area contributed by atoms with Gasteiger partial charge in [0.15, 0.2) is 0 Å². The van der Waals surface area contributed by atoms with Crippen LogP contribution in [0.5, 0.6) is 5.75 Å². The number of rotatable bonds is 2. The zero-order valence-electron chi connectivity index (χ0n) is 17.6. The number of fused-ring (bicyclic) bond motifs is 1. The van der Waals surface area contributed by atoms with Crippen LogP contribution in [0.2, 0.25) is 0 Å². The number of benzene rings is 1. The lowest BCUT2D eigenvalue weighted by molar-refractivity contribution is -0.138. The van der Waals surface area contributed by atoms with Gasteiger partial charge in [-0.2, -0.15) is 18.3 Å². The number of alkyl halides is 3. The minimum Gasteiger partial charge on any atom is -0.496 e. The van der Waals surface area contributed by atoms with Gasteiger partial charge in [0.05, 0.1) is 36.8 Å². The first-order valence-corrected chi connectivity index (χ1v) is 10.4. The van der Waals surface area contributed by atoms with Gasteiger partial charge in [-0.15, -0.1) is 0 Å². The largest absolute Gasteiger partial charge is 0.496 e. The summed E-state index contributed by atoms with van der Waals surface area (Å²) < 4.78 is 52.1. The molecule has 1 aliphatic heterocycles. The van der Waals surface area contributed by atoms with Crippen LogP contribution in [0.4, 0.5) is 13.2 Å². The summed E-state index contributed by atoms with van der Waals surface area (Å²) in [5, 5.41) is 15.3. The van der Waals surface area contributed by atoms with E-state index in [0.29, 0.717) is 37.3 Å². The molecule has 0 saturated heterocycles. The van der Waals surface area contributed by atoms with Crippen molar-refractivity contribution in [1.29, 1.82) is 0 Å². The van der Waals surface area contributed by atoms with Gasteiger partial charge >= 0.3 is 6.18 Å². The molecule has 8 heteroatoms. The van der Waals surface area contributed by atoms with Crippen molar-refractivity contribution in [2.75, 3.05) is 7.11 Å². The highest BCUT2D eigenvalue weighted by molar-refractivity contribution is 5.50. The fourth-order valence-electron chi connectivity index (χ4n) is 4.20. The molecule has 1 fully saturated rings. The third kappa shape index (κ3) is 4.43. The van der Waals surface area contributed by atoms with Crippen LogP contribution in [0.1, 0.15) is 61.5 Å². The van der Waals surface area contributed by atoms with Crippen molar-refractivity contribution in [3.63, 3.8) is 0 Å². The molecule has 1 atom stereocenters. The van der Waals surface area contributed by atoms with Gasteiger partial charge in [0.2, 0.25) is 0 Å². The maximum Gasteiger partial charge on any atom is 0.419 e. The van der Waals surface area contributed by atoms with Crippen LogP contribution in [-0.4, -0.2) is 33.7 Å². The average Bonchev–Trinajstić information content (AvgIpc) is 3.09. The topological polar surface area (TPSA) is 56.5 Å². The summed E-state index contributed by atoms with van der Waals surface area (Å²) in [6, 6.07) is 3.72. The van der Waals surface area contributed by atoms with Crippen LogP contribution in [0.3, 0.4) is 0 Å². The zero-order valence-corrected chi connectivity index (χ0v) is 17.6. The molecule has 1 aromatic heterocycles. The van der Waals surface area contributed by atoms with Gasteiger partial charge in [0.1, 0.15) is 17.0 Å². The number of nitrogens with zero attached hydrogens (tertiary/aromatic N) is 2. The molecule has 2 aliphatic rings. The Bertz CT molecular complexity index is 1030. The van der Waals surface area contributed by atoms with E-state index < -0.39 is 17.3 Å². The quantitative estimate of drug-likeness (QED) is 0.712. The predicted octanol–water partition coefficient (Wildman–Crippen LogP) is 4.41. The monoisotopic (exact) mass is 434 g/mol. The Kier molecular flexibility index (Phi) is 5.75. The van der Waals surface area contributed by atoms with E-state index in [1.54, 1.807) is 4.68 Å². The molecule has 1 aliphatic carbocycles. The molecule has 5 nitrogen and oxygen atoms in total. The summed E-state index contributed by atoms with van der Waals surface area (Å²) in [6.45, 7) is 2.25. The molecule has 31 heavy (non-hydrogen) atoms. The maximum atomic E-state index is 13.3. The second-order valence-corrected chi connectivity index (χ2v) is 8.24. The third-order valence-electron chi connectivity index (χ3n) is 5.91. The Labute approximate surface area is 179 Å². The minimum absolute atomic E-state index is 0.0531. The highest BCUT2D eigenvalue weighted by Crippen LogP contribution is 2.38. The van der Waals surface area contributed by atoms with Crippen molar-refractivity contribution < 1.29 is 27.8 Å². The van der Waals surface area contributed by atoms with Crippen LogP contribution in [0, 0.1) is 11.8 Å². The first-order chi connectivity index (χ1) is 14.7. The number of aromatic nitrogens is 2. The van der Waals surface area contributed by atoms with E-state index in [0.717, 1.165) is 36.6 Å². The van der Waals surface area contributed by atoms with Gasteiger partial charge in [-0.1, -0.05) is 12.3 Å². The first kappa shape index (κ1) is 21.7. The lowest BCUT2D eigenvalue weighted by atomic mass is 9.85. The van der Waals surface area contributed by atoms with E-state index in [9.17, 15) is 18.3 Å². The van der Waals surface area contributed by atoms with Gasteiger partial charge in [-0.3, -0.25) is 0 Å². The highest BCUT2D eigenvalue weighted by atomic mass is 19.4. The smallest absolute Gasteiger partial charge is 0.419 e.